The molecule has 0 saturated heterocycles. The topological polar surface area (TPSA) is 0 Å². The predicted octanol–water partition coefficient (Wildman–Crippen LogP) is 5.17. The molecule has 3 unspecified atom stereocenters. The molecule has 2 rings (SSSR count). The van der Waals surface area contributed by atoms with Crippen LogP contribution in [0.3, 0.4) is 0 Å². The summed E-state index contributed by atoms with van der Waals surface area (Å²) in [6.07, 6.45) is 4.48. The Morgan fingerprint density at radius 3 is 2.88 bits per heavy atom. The Hall–Kier alpha value is -0.0800. The minimum absolute atomic E-state index is 0.201. The second-order valence-corrected chi connectivity index (χ2v) is 6.56. The Morgan fingerprint density at radius 2 is 2.18 bits per heavy atom. The molecule has 0 radical (unpaired) electrons. The molecule has 1 saturated carbocycles. The molecule has 0 N–H and O–H groups in total. The van der Waals surface area contributed by atoms with Crippen molar-refractivity contribution in [3.8, 4) is 0 Å². The lowest BCUT2D eigenvalue weighted by Crippen LogP contribution is -2.25. The van der Waals surface area contributed by atoms with Gasteiger partial charge in [0.15, 0.2) is 0 Å². The van der Waals surface area contributed by atoms with Crippen molar-refractivity contribution in [1.29, 1.82) is 0 Å². The van der Waals surface area contributed by atoms with Crippen LogP contribution in [-0.4, -0.2) is 5.38 Å². The van der Waals surface area contributed by atoms with Gasteiger partial charge in [-0.25, -0.2) is 4.39 Å². The maximum atomic E-state index is 13.1. The minimum Gasteiger partial charge on any atom is -0.206 e. The number of benzene rings is 1. The first-order valence-electron chi connectivity index (χ1n) is 6.14. The summed E-state index contributed by atoms with van der Waals surface area (Å²) in [6.45, 7) is 2.29. The zero-order valence-electron chi connectivity index (χ0n) is 9.93. The quantitative estimate of drug-likeness (QED) is 0.659. The van der Waals surface area contributed by atoms with Crippen LogP contribution in [-0.2, 0) is 6.42 Å². The fourth-order valence-electron chi connectivity index (χ4n) is 2.64. The smallest absolute Gasteiger partial charge is 0.137 e. The summed E-state index contributed by atoms with van der Waals surface area (Å²) in [6, 6.07) is 5.26. The third-order valence-electron chi connectivity index (χ3n) is 3.63. The van der Waals surface area contributed by atoms with Gasteiger partial charge in [0.25, 0.3) is 0 Å². The van der Waals surface area contributed by atoms with Gasteiger partial charge in [-0.2, -0.15) is 0 Å². The Balaban J connectivity index is 2.06. The van der Waals surface area contributed by atoms with Crippen LogP contribution in [0.15, 0.2) is 22.7 Å². The Bertz CT molecular complexity index is 394. The third-order valence-corrected chi connectivity index (χ3v) is 4.82. The first kappa shape index (κ1) is 13.4. The van der Waals surface area contributed by atoms with Gasteiger partial charge in [0, 0.05) is 5.38 Å². The van der Waals surface area contributed by atoms with E-state index in [0.29, 0.717) is 10.4 Å². The maximum Gasteiger partial charge on any atom is 0.137 e. The highest BCUT2D eigenvalue weighted by Gasteiger charge is 2.27. The zero-order valence-corrected chi connectivity index (χ0v) is 12.3. The molecule has 3 atom stereocenters. The zero-order chi connectivity index (χ0) is 12.4. The number of halogens is 3. The molecule has 0 heterocycles. The Labute approximate surface area is 116 Å². The molecule has 0 aliphatic heterocycles. The molecule has 0 bridgehead atoms. The van der Waals surface area contributed by atoms with Crippen molar-refractivity contribution in [3.05, 3.63) is 34.1 Å². The summed E-state index contributed by atoms with van der Waals surface area (Å²) in [7, 11) is 0. The van der Waals surface area contributed by atoms with Crippen LogP contribution in [0.5, 0.6) is 0 Å². The molecule has 94 valence electrons. The summed E-state index contributed by atoms with van der Waals surface area (Å²) < 4.78 is 13.7. The van der Waals surface area contributed by atoms with Gasteiger partial charge in [-0.1, -0.05) is 13.0 Å². The fourth-order valence-corrected chi connectivity index (χ4v) is 3.39. The van der Waals surface area contributed by atoms with E-state index in [0.717, 1.165) is 18.8 Å². The molecule has 1 aromatic carbocycles. The summed E-state index contributed by atoms with van der Waals surface area (Å²) >= 11 is 9.61. The second-order valence-electron chi connectivity index (χ2n) is 5.15. The first-order chi connectivity index (χ1) is 8.06. The second kappa shape index (κ2) is 5.71. The number of rotatable bonds is 2. The van der Waals surface area contributed by atoms with Gasteiger partial charge >= 0.3 is 0 Å². The standard InChI is InChI=1S/C14H17BrClF/c1-9-2-4-13(16)11(6-9)7-10-3-5-14(17)12(15)8-10/h3,5,8-9,11,13H,2,4,6-7H2,1H3. The molecule has 0 spiro atoms. The minimum atomic E-state index is -0.201. The van der Waals surface area contributed by atoms with Gasteiger partial charge < -0.3 is 0 Å². The highest BCUT2D eigenvalue weighted by molar-refractivity contribution is 9.10. The number of hydrogen-bond acceptors (Lipinski definition) is 0. The van der Waals surface area contributed by atoms with Crippen LogP contribution in [0.2, 0.25) is 0 Å². The van der Waals surface area contributed by atoms with Gasteiger partial charge in [0.1, 0.15) is 5.82 Å². The van der Waals surface area contributed by atoms with Crippen LogP contribution in [0, 0.1) is 17.7 Å². The number of hydrogen-bond donors (Lipinski definition) is 0. The molecular formula is C14H17BrClF. The maximum absolute atomic E-state index is 13.1. The van der Waals surface area contributed by atoms with Crippen LogP contribution >= 0.6 is 27.5 Å². The van der Waals surface area contributed by atoms with E-state index in [9.17, 15) is 4.39 Å². The molecular weight excluding hydrogens is 303 g/mol. The monoisotopic (exact) mass is 318 g/mol. The molecule has 0 aromatic heterocycles. The lowest BCUT2D eigenvalue weighted by Gasteiger charge is -2.31. The van der Waals surface area contributed by atoms with E-state index in [-0.39, 0.29) is 11.2 Å². The fraction of sp³-hybridized carbons (Fsp3) is 0.571. The van der Waals surface area contributed by atoms with Gasteiger partial charge in [-0.3, -0.25) is 0 Å². The van der Waals surface area contributed by atoms with E-state index in [1.165, 1.54) is 24.5 Å². The summed E-state index contributed by atoms with van der Waals surface area (Å²) in [4.78, 5) is 0. The lowest BCUT2D eigenvalue weighted by atomic mass is 9.79. The summed E-state index contributed by atoms with van der Waals surface area (Å²) in [5.41, 5.74) is 1.17. The molecule has 0 nitrogen and oxygen atoms in total. The van der Waals surface area contributed by atoms with Crippen molar-refractivity contribution in [2.75, 3.05) is 0 Å². The molecule has 1 aliphatic rings. The summed E-state index contributed by atoms with van der Waals surface area (Å²) in [5, 5.41) is 0.273. The summed E-state index contributed by atoms with van der Waals surface area (Å²) in [5.74, 6) is 1.09. The molecule has 1 fully saturated rings. The molecule has 0 amide bonds. The SMILES string of the molecule is CC1CCC(Cl)C(Cc2ccc(F)c(Br)c2)C1. The van der Waals surface area contributed by atoms with E-state index < -0.39 is 0 Å². The van der Waals surface area contributed by atoms with E-state index in [1.54, 1.807) is 0 Å². The van der Waals surface area contributed by atoms with Gasteiger partial charge in [-0.15, -0.1) is 11.6 Å². The van der Waals surface area contributed by atoms with Crippen molar-refractivity contribution in [3.63, 3.8) is 0 Å². The molecule has 17 heavy (non-hydrogen) atoms. The van der Waals surface area contributed by atoms with E-state index >= 15 is 0 Å². The molecule has 1 aliphatic carbocycles. The predicted molar refractivity (Wildman–Crippen MR) is 74.0 cm³/mol. The Morgan fingerprint density at radius 1 is 1.41 bits per heavy atom. The lowest BCUT2D eigenvalue weighted by molar-refractivity contribution is 0.287. The van der Waals surface area contributed by atoms with Gasteiger partial charge in [-0.05, 0) is 71.1 Å². The van der Waals surface area contributed by atoms with E-state index in [4.69, 9.17) is 11.6 Å². The largest absolute Gasteiger partial charge is 0.206 e. The van der Waals surface area contributed by atoms with Crippen molar-refractivity contribution < 1.29 is 4.39 Å². The van der Waals surface area contributed by atoms with Gasteiger partial charge in [0.05, 0.1) is 4.47 Å². The molecule has 3 heteroatoms. The van der Waals surface area contributed by atoms with Crippen LogP contribution in [0.4, 0.5) is 4.39 Å². The molecule has 1 aromatic rings. The van der Waals surface area contributed by atoms with Crippen molar-refractivity contribution in [2.24, 2.45) is 11.8 Å². The third kappa shape index (κ3) is 3.45. The van der Waals surface area contributed by atoms with Crippen molar-refractivity contribution in [1.82, 2.24) is 0 Å². The highest BCUT2D eigenvalue weighted by Crippen LogP contribution is 2.35. The van der Waals surface area contributed by atoms with E-state index in [1.807, 2.05) is 12.1 Å². The van der Waals surface area contributed by atoms with E-state index in [2.05, 4.69) is 22.9 Å². The highest BCUT2D eigenvalue weighted by atomic mass is 79.9. The first-order valence-corrected chi connectivity index (χ1v) is 7.37. The van der Waals surface area contributed by atoms with Crippen molar-refractivity contribution in [2.45, 2.75) is 38.0 Å². The van der Waals surface area contributed by atoms with Crippen molar-refractivity contribution >= 4 is 27.5 Å². The van der Waals surface area contributed by atoms with Crippen LogP contribution in [0.1, 0.15) is 31.7 Å². The van der Waals surface area contributed by atoms with Crippen LogP contribution in [0.25, 0.3) is 0 Å². The average Bonchev–Trinajstić information content (AvgIpc) is 2.29. The van der Waals surface area contributed by atoms with Gasteiger partial charge in [0.2, 0.25) is 0 Å². The normalized spacial score (nSPS) is 29.3. The Kier molecular flexibility index (Phi) is 4.48. The van der Waals surface area contributed by atoms with Crippen LogP contribution < -0.4 is 0 Å². The average molecular weight is 320 g/mol. The number of alkyl halides is 1.